The number of hydrogen-bond donors (Lipinski definition) is 1. The van der Waals surface area contributed by atoms with Gasteiger partial charge in [0, 0.05) is 0 Å². The maximum absolute atomic E-state index is 12.5. The zero-order valence-corrected chi connectivity index (χ0v) is 11.5. The van der Waals surface area contributed by atoms with E-state index in [9.17, 15) is 14.4 Å². The van der Waals surface area contributed by atoms with Crippen molar-refractivity contribution in [2.24, 2.45) is 0 Å². The van der Waals surface area contributed by atoms with E-state index in [-0.39, 0.29) is 11.9 Å². The minimum Gasteiger partial charge on any atom is -0.345 e. The van der Waals surface area contributed by atoms with Crippen LogP contribution in [0.15, 0.2) is 54.6 Å². The smallest absolute Gasteiger partial charge is 0.262 e. The highest BCUT2D eigenvalue weighted by Crippen LogP contribution is 2.34. The van der Waals surface area contributed by atoms with Crippen molar-refractivity contribution in [1.29, 1.82) is 0 Å². The van der Waals surface area contributed by atoms with Gasteiger partial charge in [-0.25, -0.2) is 0 Å². The topological polar surface area (TPSA) is 66.5 Å². The number of carbonyl (C=O) groups is 3. The van der Waals surface area contributed by atoms with Crippen molar-refractivity contribution in [3.8, 4) is 0 Å². The zero-order valence-electron chi connectivity index (χ0n) is 11.5. The lowest BCUT2D eigenvalue weighted by Gasteiger charge is -2.41. The molecule has 0 bridgehead atoms. The molecule has 0 spiro atoms. The SMILES string of the molecule is O=C1N[C@H](c2ccccc2)[C@@H]1N1C(=O)c2ccccc2C1=O. The van der Waals surface area contributed by atoms with Crippen LogP contribution in [0.5, 0.6) is 0 Å². The summed E-state index contributed by atoms with van der Waals surface area (Å²) in [6, 6.07) is 14.9. The molecule has 108 valence electrons. The molecule has 0 saturated carbocycles. The van der Waals surface area contributed by atoms with Crippen molar-refractivity contribution < 1.29 is 14.4 Å². The second-order valence-electron chi connectivity index (χ2n) is 5.37. The van der Waals surface area contributed by atoms with Crippen molar-refractivity contribution in [1.82, 2.24) is 10.2 Å². The average Bonchev–Trinajstić information content (AvgIpc) is 2.79. The molecule has 2 aliphatic rings. The van der Waals surface area contributed by atoms with Gasteiger partial charge in [0.05, 0.1) is 17.2 Å². The van der Waals surface area contributed by atoms with Crippen LogP contribution < -0.4 is 5.32 Å². The van der Waals surface area contributed by atoms with E-state index in [1.807, 2.05) is 30.3 Å². The Balaban J connectivity index is 1.72. The predicted molar refractivity (Wildman–Crippen MR) is 78.1 cm³/mol. The lowest BCUT2D eigenvalue weighted by molar-refractivity contribution is -0.135. The quantitative estimate of drug-likeness (QED) is 0.674. The number of amides is 3. The van der Waals surface area contributed by atoms with E-state index in [0.717, 1.165) is 10.5 Å². The number of nitrogens with zero attached hydrogens (tertiary/aromatic N) is 1. The number of imide groups is 1. The van der Waals surface area contributed by atoms with E-state index in [0.29, 0.717) is 11.1 Å². The molecule has 5 heteroatoms. The Hall–Kier alpha value is -2.95. The third-order valence-corrected chi connectivity index (χ3v) is 4.14. The molecule has 0 radical (unpaired) electrons. The molecule has 5 nitrogen and oxygen atoms in total. The summed E-state index contributed by atoms with van der Waals surface area (Å²) in [5.74, 6) is -1.11. The van der Waals surface area contributed by atoms with Gasteiger partial charge in [-0.2, -0.15) is 0 Å². The van der Waals surface area contributed by atoms with Crippen molar-refractivity contribution in [2.45, 2.75) is 12.1 Å². The summed E-state index contributed by atoms with van der Waals surface area (Å²) >= 11 is 0. The maximum Gasteiger partial charge on any atom is 0.262 e. The van der Waals surface area contributed by atoms with Crippen LogP contribution >= 0.6 is 0 Å². The van der Waals surface area contributed by atoms with Crippen molar-refractivity contribution in [3.63, 3.8) is 0 Å². The Labute approximate surface area is 126 Å². The summed E-state index contributed by atoms with van der Waals surface area (Å²) in [4.78, 5) is 38.0. The Morgan fingerprint density at radius 1 is 0.773 bits per heavy atom. The van der Waals surface area contributed by atoms with E-state index >= 15 is 0 Å². The van der Waals surface area contributed by atoms with E-state index in [4.69, 9.17) is 0 Å². The zero-order chi connectivity index (χ0) is 15.3. The normalized spacial score (nSPS) is 23.1. The maximum atomic E-state index is 12.5. The van der Waals surface area contributed by atoms with Crippen molar-refractivity contribution >= 4 is 17.7 Å². The Bertz CT molecular complexity index is 766. The highest BCUT2D eigenvalue weighted by atomic mass is 16.2. The monoisotopic (exact) mass is 292 g/mol. The highest BCUT2D eigenvalue weighted by Gasteiger charge is 2.52. The lowest BCUT2D eigenvalue weighted by Crippen LogP contribution is -2.65. The van der Waals surface area contributed by atoms with Gasteiger partial charge in [-0.15, -0.1) is 0 Å². The fraction of sp³-hybridized carbons (Fsp3) is 0.118. The first-order valence-electron chi connectivity index (χ1n) is 7.01. The highest BCUT2D eigenvalue weighted by molar-refractivity contribution is 6.23. The molecule has 1 N–H and O–H groups in total. The van der Waals surface area contributed by atoms with Gasteiger partial charge in [-0.1, -0.05) is 42.5 Å². The third-order valence-electron chi connectivity index (χ3n) is 4.14. The molecular weight excluding hydrogens is 280 g/mol. The molecule has 1 fully saturated rings. The second kappa shape index (κ2) is 4.53. The van der Waals surface area contributed by atoms with Crippen LogP contribution in [0.2, 0.25) is 0 Å². The number of rotatable bonds is 2. The molecule has 4 rings (SSSR count). The summed E-state index contributed by atoms with van der Waals surface area (Å²) in [6.07, 6.45) is 0. The number of carbonyl (C=O) groups excluding carboxylic acids is 3. The Kier molecular flexibility index (Phi) is 2.63. The third kappa shape index (κ3) is 1.62. The molecule has 3 amide bonds. The second-order valence-corrected chi connectivity index (χ2v) is 5.37. The summed E-state index contributed by atoms with van der Waals surface area (Å²) in [7, 11) is 0. The van der Waals surface area contributed by atoms with Gasteiger partial charge >= 0.3 is 0 Å². The number of nitrogens with one attached hydrogen (secondary N) is 1. The molecule has 0 aromatic heterocycles. The molecule has 1 saturated heterocycles. The van der Waals surface area contributed by atoms with Crippen LogP contribution in [-0.4, -0.2) is 28.7 Å². The first-order valence-corrected chi connectivity index (χ1v) is 7.01. The molecule has 0 aliphatic carbocycles. The molecule has 2 atom stereocenters. The van der Waals surface area contributed by atoms with E-state index in [1.165, 1.54) is 0 Å². The molecular formula is C17H12N2O3. The minimum atomic E-state index is -0.783. The van der Waals surface area contributed by atoms with Gasteiger partial charge in [-0.05, 0) is 17.7 Å². The summed E-state index contributed by atoms with van der Waals surface area (Å²) in [6.45, 7) is 0. The van der Waals surface area contributed by atoms with Gasteiger partial charge < -0.3 is 5.32 Å². The van der Waals surface area contributed by atoms with Gasteiger partial charge in [-0.3, -0.25) is 19.3 Å². The Morgan fingerprint density at radius 3 is 1.86 bits per heavy atom. The minimum absolute atomic E-state index is 0.302. The first-order chi connectivity index (χ1) is 10.7. The van der Waals surface area contributed by atoms with Crippen LogP contribution in [0.3, 0.4) is 0 Å². The average molecular weight is 292 g/mol. The lowest BCUT2D eigenvalue weighted by atomic mass is 9.90. The van der Waals surface area contributed by atoms with Gasteiger partial charge in [0.15, 0.2) is 0 Å². The van der Waals surface area contributed by atoms with Crippen LogP contribution in [-0.2, 0) is 4.79 Å². The van der Waals surface area contributed by atoms with Gasteiger partial charge in [0.1, 0.15) is 6.04 Å². The summed E-state index contributed by atoms with van der Waals surface area (Å²) < 4.78 is 0. The van der Waals surface area contributed by atoms with E-state index < -0.39 is 17.9 Å². The Morgan fingerprint density at radius 2 is 1.32 bits per heavy atom. The fourth-order valence-corrected chi connectivity index (χ4v) is 3.03. The predicted octanol–water partition coefficient (Wildman–Crippen LogP) is 1.52. The van der Waals surface area contributed by atoms with Crippen LogP contribution in [0.25, 0.3) is 0 Å². The molecule has 2 heterocycles. The van der Waals surface area contributed by atoms with E-state index in [1.54, 1.807) is 24.3 Å². The number of β-lactam (4-membered cyclic amide) rings is 1. The molecule has 2 aliphatic heterocycles. The largest absolute Gasteiger partial charge is 0.345 e. The molecule has 0 unspecified atom stereocenters. The number of benzene rings is 2. The van der Waals surface area contributed by atoms with Crippen molar-refractivity contribution in [3.05, 3.63) is 71.3 Å². The molecule has 22 heavy (non-hydrogen) atoms. The van der Waals surface area contributed by atoms with Crippen LogP contribution in [0.4, 0.5) is 0 Å². The van der Waals surface area contributed by atoms with Gasteiger partial charge in [0.2, 0.25) is 5.91 Å². The molecule has 2 aromatic carbocycles. The fourth-order valence-electron chi connectivity index (χ4n) is 3.03. The number of fused-ring (bicyclic) bond motifs is 1. The summed E-state index contributed by atoms with van der Waals surface area (Å²) in [5, 5.41) is 2.77. The van der Waals surface area contributed by atoms with Gasteiger partial charge in [0.25, 0.3) is 11.8 Å². The van der Waals surface area contributed by atoms with Crippen molar-refractivity contribution in [2.75, 3.05) is 0 Å². The summed E-state index contributed by atoms with van der Waals surface area (Å²) in [5.41, 5.74) is 1.60. The first kappa shape index (κ1) is 12.8. The van der Waals surface area contributed by atoms with Crippen LogP contribution in [0, 0.1) is 0 Å². The standard InChI is InChI=1S/C17H12N2O3/c20-15-14(13(18-15)10-6-2-1-3-7-10)19-16(21)11-8-4-5-9-12(11)17(19)22/h1-9,13-14H,(H,18,20)/t13-,14+/m1/s1. The van der Waals surface area contributed by atoms with E-state index in [2.05, 4.69) is 5.32 Å². The number of hydrogen-bond acceptors (Lipinski definition) is 3. The van der Waals surface area contributed by atoms with Crippen LogP contribution in [0.1, 0.15) is 32.3 Å². The molecule has 2 aromatic rings.